The van der Waals surface area contributed by atoms with Gasteiger partial charge in [-0.25, -0.2) is 0 Å². The maximum absolute atomic E-state index is 6.02. The summed E-state index contributed by atoms with van der Waals surface area (Å²) < 4.78 is 6.02. The van der Waals surface area contributed by atoms with Crippen molar-refractivity contribution in [2.75, 3.05) is 0 Å². The van der Waals surface area contributed by atoms with Gasteiger partial charge in [-0.05, 0) is 77.1 Å². The van der Waals surface area contributed by atoms with Crippen LogP contribution < -0.4 is 4.74 Å². The van der Waals surface area contributed by atoms with Crippen molar-refractivity contribution in [2.24, 2.45) is 0 Å². The maximum atomic E-state index is 6.02. The first-order chi connectivity index (χ1) is 20.0. The second kappa shape index (κ2) is 13.7. The Morgan fingerprint density at radius 3 is 1.33 bits per heavy atom. The third-order valence-corrected chi connectivity index (χ3v) is 9.07. The Morgan fingerprint density at radius 1 is 0.524 bits per heavy atom. The molecule has 5 rings (SSSR count). The van der Waals surface area contributed by atoms with Crippen molar-refractivity contribution in [2.45, 2.75) is 68.6 Å². The Hall–Kier alpha value is -3.40. The average molecular weight is 591 g/mol. The topological polar surface area (TPSA) is 9.23 Å². The highest BCUT2D eigenvalue weighted by Gasteiger charge is 2.26. The summed E-state index contributed by atoms with van der Waals surface area (Å²) in [4.78, 5) is 1.89. The van der Waals surface area contributed by atoms with Gasteiger partial charge in [0.05, 0.1) is 0 Å². The molecular formula is C39H42OS2. The van der Waals surface area contributed by atoms with Crippen LogP contribution in [-0.2, 0) is 17.3 Å². The quantitative estimate of drug-likeness (QED) is 0.179. The van der Waals surface area contributed by atoms with Crippen LogP contribution in [0.15, 0.2) is 131 Å². The first kappa shape index (κ1) is 31.5. The number of hydrogen-bond donors (Lipinski definition) is 2. The van der Waals surface area contributed by atoms with Gasteiger partial charge in [0.2, 0.25) is 0 Å². The minimum absolute atomic E-state index is 0.0444. The summed E-state index contributed by atoms with van der Waals surface area (Å²) in [7, 11) is 0. The van der Waals surface area contributed by atoms with Crippen LogP contribution in [0.5, 0.6) is 11.5 Å². The third kappa shape index (κ3) is 7.51. The van der Waals surface area contributed by atoms with Crippen LogP contribution >= 0.6 is 25.3 Å². The molecule has 5 aromatic carbocycles. The normalized spacial score (nSPS) is 11.4. The monoisotopic (exact) mass is 590 g/mol. The lowest BCUT2D eigenvalue weighted by Crippen LogP contribution is -2.21. The number of thiol groups is 2. The predicted octanol–water partition coefficient (Wildman–Crippen LogP) is 11.3. The predicted molar refractivity (Wildman–Crippen MR) is 185 cm³/mol. The summed E-state index contributed by atoms with van der Waals surface area (Å²) in [6.07, 6.45) is 1.07. The van der Waals surface area contributed by atoms with Crippen LogP contribution in [0.1, 0.15) is 68.0 Å². The molecule has 0 fully saturated rings. The molecule has 0 unspecified atom stereocenters. The Labute approximate surface area is 263 Å². The van der Waals surface area contributed by atoms with Crippen molar-refractivity contribution < 1.29 is 4.74 Å². The summed E-state index contributed by atoms with van der Waals surface area (Å²) in [6.45, 7) is 13.4. The van der Waals surface area contributed by atoms with E-state index in [2.05, 4.69) is 121 Å². The Kier molecular flexibility index (Phi) is 10.3. The average Bonchev–Trinajstić information content (AvgIpc) is 3.00. The first-order valence-electron chi connectivity index (χ1n) is 14.5. The van der Waals surface area contributed by atoms with Gasteiger partial charge < -0.3 is 4.74 Å². The molecule has 0 spiro atoms. The summed E-state index contributed by atoms with van der Waals surface area (Å²) in [5, 5.41) is 0. The van der Waals surface area contributed by atoms with Crippen LogP contribution in [0, 0.1) is 6.92 Å². The molecule has 0 aliphatic rings. The van der Waals surface area contributed by atoms with E-state index in [0.29, 0.717) is 0 Å². The van der Waals surface area contributed by atoms with Gasteiger partial charge in [0.1, 0.15) is 11.5 Å². The fourth-order valence-corrected chi connectivity index (χ4v) is 5.33. The minimum atomic E-state index is -0.120. The molecule has 0 saturated carbocycles. The van der Waals surface area contributed by atoms with Crippen LogP contribution in [0.2, 0.25) is 0 Å². The van der Waals surface area contributed by atoms with E-state index < -0.39 is 0 Å². The second-order valence-electron chi connectivity index (χ2n) is 11.8. The van der Waals surface area contributed by atoms with Gasteiger partial charge in [-0.3, -0.25) is 0 Å². The summed E-state index contributed by atoms with van der Waals surface area (Å²) >= 11 is 8.68. The summed E-state index contributed by atoms with van der Waals surface area (Å²) in [5.41, 5.74) is 7.66. The highest BCUT2D eigenvalue weighted by atomic mass is 32.1. The van der Waals surface area contributed by atoms with Gasteiger partial charge in [-0.1, -0.05) is 126 Å². The molecule has 0 radical (unpaired) electrons. The minimum Gasteiger partial charge on any atom is -0.456 e. The number of para-hydroxylation sites is 1. The number of ether oxygens (including phenoxy) is 1. The van der Waals surface area contributed by atoms with Crippen LogP contribution in [-0.4, -0.2) is 0 Å². The molecule has 5 aromatic rings. The third-order valence-electron chi connectivity index (χ3n) is 8.20. The van der Waals surface area contributed by atoms with Gasteiger partial charge in [0.15, 0.2) is 0 Å². The number of benzene rings is 5. The maximum Gasteiger partial charge on any atom is 0.140 e. The van der Waals surface area contributed by atoms with E-state index in [1.54, 1.807) is 0 Å². The molecular weight excluding hydrogens is 549 g/mol. The molecule has 216 valence electrons. The Bertz CT molecular complexity index is 1560. The van der Waals surface area contributed by atoms with E-state index in [9.17, 15) is 0 Å². The standard InChI is InChI=1S/C32H34OS.C7H8S/c1-6-23-11-13-24(14-12-23)31(2,3)25-15-17-26(18-16-25)32(4,5)27-19-21-28(22-20-27)33-29-9-7-8-10-30(29)34;1-6-4-2-3-5-7(6)8/h7-22,34H,6H2,1-5H3;2-5,8H,1H3. The summed E-state index contributed by atoms with van der Waals surface area (Å²) in [5.74, 6) is 1.58. The lowest BCUT2D eigenvalue weighted by molar-refractivity contribution is 0.470. The zero-order chi connectivity index (χ0) is 30.3. The number of aryl methyl sites for hydroxylation is 2. The van der Waals surface area contributed by atoms with E-state index in [4.69, 9.17) is 4.74 Å². The van der Waals surface area contributed by atoms with Crippen molar-refractivity contribution in [1.82, 2.24) is 0 Å². The Balaban J connectivity index is 0.000000437. The number of hydrogen-bond acceptors (Lipinski definition) is 3. The first-order valence-corrected chi connectivity index (χ1v) is 15.4. The second-order valence-corrected chi connectivity index (χ2v) is 12.7. The van der Waals surface area contributed by atoms with Crippen LogP contribution in [0.4, 0.5) is 0 Å². The van der Waals surface area contributed by atoms with E-state index >= 15 is 0 Å². The molecule has 42 heavy (non-hydrogen) atoms. The smallest absolute Gasteiger partial charge is 0.140 e. The lowest BCUT2D eigenvalue weighted by atomic mass is 9.74. The summed E-state index contributed by atoms with van der Waals surface area (Å²) in [6, 6.07) is 42.3. The zero-order valence-corrected chi connectivity index (χ0v) is 27.3. The van der Waals surface area contributed by atoms with E-state index in [-0.39, 0.29) is 10.8 Å². The van der Waals surface area contributed by atoms with Gasteiger partial charge in [-0.15, -0.1) is 25.3 Å². The van der Waals surface area contributed by atoms with Gasteiger partial charge in [0, 0.05) is 20.6 Å². The van der Waals surface area contributed by atoms with Crippen molar-refractivity contribution in [3.8, 4) is 11.5 Å². The Morgan fingerprint density at radius 2 is 0.929 bits per heavy atom. The number of rotatable bonds is 7. The van der Waals surface area contributed by atoms with Gasteiger partial charge in [-0.2, -0.15) is 0 Å². The molecule has 0 N–H and O–H groups in total. The molecule has 0 saturated heterocycles. The molecule has 3 heteroatoms. The van der Waals surface area contributed by atoms with E-state index in [1.807, 2.05) is 67.6 Å². The van der Waals surface area contributed by atoms with Crippen molar-refractivity contribution in [3.63, 3.8) is 0 Å². The van der Waals surface area contributed by atoms with Gasteiger partial charge in [0.25, 0.3) is 0 Å². The van der Waals surface area contributed by atoms with Crippen molar-refractivity contribution in [1.29, 1.82) is 0 Å². The van der Waals surface area contributed by atoms with Crippen LogP contribution in [0.3, 0.4) is 0 Å². The molecule has 0 aromatic heterocycles. The molecule has 0 heterocycles. The molecule has 1 nitrogen and oxygen atoms in total. The zero-order valence-electron chi connectivity index (χ0n) is 25.6. The van der Waals surface area contributed by atoms with Crippen molar-refractivity contribution >= 4 is 25.3 Å². The highest BCUT2D eigenvalue weighted by molar-refractivity contribution is 7.80. The SMILES string of the molecule is CCc1ccc(C(C)(C)c2ccc(C(C)(C)c3ccc(Oc4ccccc4S)cc3)cc2)cc1.Cc1ccccc1S. The van der Waals surface area contributed by atoms with Crippen LogP contribution in [0.25, 0.3) is 0 Å². The molecule has 0 bridgehead atoms. The molecule has 0 aliphatic carbocycles. The highest BCUT2D eigenvalue weighted by Crippen LogP contribution is 2.37. The van der Waals surface area contributed by atoms with Crippen molar-refractivity contribution in [3.05, 3.63) is 155 Å². The van der Waals surface area contributed by atoms with E-state index in [0.717, 1.165) is 27.7 Å². The lowest BCUT2D eigenvalue weighted by Gasteiger charge is -2.29. The molecule has 0 amide bonds. The molecule has 0 aliphatic heterocycles. The molecule has 0 atom stereocenters. The largest absolute Gasteiger partial charge is 0.456 e. The fourth-order valence-electron chi connectivity index (χ4n) is 4.97. The fraction of sp³-hybridized carbons (Fsp3) is 0.231. The van der Waals surface area contributed by atoms with E-state index in [1.165, 1.54) is 33.4 Å². The van der Waals surface area contributed by atoms with Gasteiger partial charge >= 0.3 is 0 Å².